The van der Waals surface area contributed by atoms with Gasteiger partial charge in [-0.3, -0.25) is 0 Å². The Morgan fingerprint density at radius 3 is 2.63 bits per heavy atom. The maximum absolute atomic E-state index is 13.8. The first-order valence-electron chi connectivity index (χ1n) is 7.23. The van der Waals surface area contributed by atoms with Crippen molar-refractivity contribution in [1.29, 1.82) is 0 Å². The average Bonchev–Trinajstić information content (AvgIpc) is 3.21. The van der Waals surface area contributed by atoms with Gasteiger partial charge in [0.15, 0.2) is 0 Å². The number of hydrogen-bond donors (Lipinski definition) is 1. The molecule has 1 aromatic carbocycles. The van der Waals surface area contributed by atoms with Crippen LogP contribution in [0.3, 0.4) is 0 Å². The Kier molecular flexibility index (Phi) is 4.46. The molecule has 0 amide bonds. The Morgan fingerprint density at radius 1 is 1.37 bits per heavy atom. The molecule has 0 aliphatic heterocycles. The van der Waals surface area contributed by atoms with E-state index in [0.29, 0.717) is 5.69 Å². The SMILES string of the molecule is CCC(C)(CNC1CC1)CN(C)c1ccccc1F. The van der Waals surface area contributed by atoms with Gasteiger partial charge in [0, 0.05) is 26.2 Å². The highest BCUT2D eigenvalue weighted by Gasteiger charge is 2.28. The van der Waals surface area contributed by atoms with E-state index in [2.05, 4.69) is 19.2 Å². The molecule has 0 aromatic heterocycles. The average molecular weight is 264 g/mol. The molecule has 0 spiro atoms. The summed E-state index contributed by atoms with van der Waals surface area (Å²) in [6, 6.07) is 7.72. The third-order valence-corrected chi connectivity index (χ3v) is 4.13. The molecule has 2 rings (SSSR count). The lowest BCUT2D eigenvalue weighted by Crippen LogP contribution is -2.41. The normalized spacial score (nSPS) is 18.1. The number of halogens is 1. The van der Waals surface area contributed by atoms with Crippen molar-refractivity contribution < 1.29 is 4.39 Å². The van der Waals surface area contributed by atoms with Crippen molar-refractivity contribution in [2.24, 2.45) is 5.41 Å². The van der Waals surface area contributed by atoms with Crippen LogP contribution in [0.2, 0.25) is 0 Å². The minimum absolute atomic E-state index is 0.140. The van der Waals surface area contributed by atoms with Gasteiger partial charge in [0.1, 0.15) is 5.82 Å². The largest absolute Gasteiger partial charge is 0.372 e. The molecule has 1 aliphatic carbocycles. The van der Waals surface area contributed by atoms with Gasteiger partial charge in [-0.25, -0.2) is 4.39 Å². The first-order valence-corrected chi connectivity index (χ1v) is 7.23. The van der Waals surface area contributed by atoms with Gasteiger partial charge in [-0.1, -0.05) is 26.0 Å². The van der Waals surface area contributed by atoms with E-state index >= 15 is 0 Å². The molecule has 1 N–H and O–H groups in total. The van der Waals surface area contributed by atoms with Gasteiger partial charge in [0.05, 0.1) is 5.69 Å². The number of rotatable bonds is 7. The zero-order chi connectivity index (χ0) is 13.9. The summed E-state index contributed by atoms with van der Waals surface area (Å²) in [5.41, 5.74) is 0.869. The quantitative estimate of drug-likeness (QED) is 0.811. The lowest BCUT2D eigenvalue weighted by molar-refractivity contribution is 0.297. The fourth-order valence-electron chi connectivity index (χ4n) is 2.39. The van der Waals surface area contributed by atoms with Gasteiger partial charge in [-0.2, -0.15) is 0 Å². The van der Waals surface area contributed by atoms with Gasteiger partial charge >= 0.3 is 0 Å². The maximum atomic E-state index is 13.8. The number of benzene rings is 1. The third-order valence-electron chi connectivity index (χ3n) is 4.13. The molecule has 1 aliphatic rings. The first kappa shape index (κ1) is 14.3. The molecule has 1 unspecified atom stereocenters. The zero-order valence-corrected chi connectivity index (χ0v) is 12.2. The van der Waals surface area contributed by atoms with E-state index < -0.39 is 0 Å². The summed E-state index contributed by atoms with van der Waals surface area (Å²) in [6.45, 7) is 6.36. The van der Waals surface area contributed by atoms with Crippen LogP contribution in [0.5, 0.6) is 0 Å². The molecule has 2 nitrogen and oxygen atoms in total. The number of anilines is 1. The molecule has 106 valence electrons. The van der Waals surface area contributed by atoms with Gasteiger partial charge in [-0.15, -0.1) is 0 Å². The van der Waals surface area contributed by atoms with E-state index in [1.807, 2.05) is 24.1 Å². The molecule has 1 saturated carbocycles. The van der Waals surface area contributed by atoms with Crippen molar-refractivity contribution in [3.8, 4) is 0 Å². The highest BCUT2D eigenvalue weighted by molar-refractivity contribution is 5.46. The molecule has 0 saturated heterocycles. The third kappa shape index (κ3) is 3.93. The Balaban J connectivity index is 1.98. The van der Waals surface area contributed by atoms with Crippen LogP contribution in [0.1, 0.15) is 33.1 Å². The minimum atomic E-state index is -0.140. The fourth-order valence-corrected chi connectivity index (χ4v) is 2.39. The van der Waals surface area contributed by atoms with E-state index in [-0.39, 0.29) is 11.2 Å². The van der Waals surface area contributed by atoms with Crippen LogP contribution in [-0.4, -0.2) is 26.2 Å². The van der Waals surface area contributed by atoms with Crippen molar-refractivity contribution in [3.63, 3.8) is 0 Å². The van der Waals surface area contributed by atoms with Crippen LogP contribution in [0.4, 0.5) is 10.1 Å². The van der Waals surface area contributed by atoms with Gasteiger partial charge in [0.2, 0.25) is 0 Å². The predicted molar refractivity (Wildman–Crippen MR) is 79.1 cm³/mol. The number of nitrogens with one attached hydrogen (secondary N) is 1. The van der Waals surface area contributed by atoms with Gasteiger partial charge in [0.25, 0.3) is 0 Å². The highest BCUT2D eigenvalue weighted by atomic mass is 19.1. The Bertz CT molecular complexity index is 417. The fraction of sp³-hybridized carbons (Fsp3) is 0.625. The van der Waals surface area contributed by atoms with Crippen LogP contribution in [-0.2, 0) is 0 Å². The first-order chi connectivity index (χ1) is 9.04. The smallest absolute Gasteiger partial charge is 0.146 e. The molecular formula is C16H25FN2. The van der Waals surface area contributed by atoms with Gasteiger partial charge in [-0.05, 0) is 36.8 Å². The van der Waals surface area contributed by atoms with Crippen LogP contribution in [0.15, 0.2) is 24.3 Å². The van der Waals surface area contributed by atoms with Crippen molar-refractivity contribution in [3.05, 3.63) is 30.1 Å². The molecule has 0 radical (unpaired) electrons. The predicted octanol–water partition coefficient (Wildman–Crippen LogP) is 3.43. The van der Waals surface area contributed by atoms with Crippen molar-refractivity contribution >= 4 is 5.69 Å². The second kappa shape index (κ2) is 5.91. The zero-order valence-electron chi connectivity index (χ0n) is 12.2. The second-order valence-electron chi connectivity index (χ2n) is 6.13. The molecule has 0 bridgehead atoms. The monoisotopic (exact) mass is 264 g/mol. The van der Waals surface area contributed by atoms with Crippen LogP contribution in [0.25, 0.3) is 0 Å². The maximum Gasteiger partial charge on any atom is 0.146 e. The summed E-state index contributed by atoms with van der Waals surface area (Å²) in [7, 11) is 1.98. The molecule has 0 heterocycles. The Morgan fingerprint density at radius 2 is 2.05 bits per heavy atom. The molecule has 19 heavy (non-hydrogen) atoms. The second-order valence-corrected chi connectivity index (χ2v) is 6.13. The lowest BCUT2D eigenvalue weighted by Gasteiger charge is -2.34. The summed E-state index contributed by atoms with van der Waals surface area (Å²) in [6.07, 6.45) is 3.71. The topological polar surface area (TPSA) is 15.3 Å². The number of hydrogen-bond acceptors (Lipinski definition) is 2. The van der Waals surface area contributed by atoms with Crippen LogP contribution < -0.4 is 10.2 Å². The number of para-hydroxylation sites is 1. The molecule has 1 fully saturated rings. The summed E-state index contributed by atoms with van der Waals surface area (Å²) in [5.74, 6) is -0.140. The van der Waals surface area contributed by atoms with Crippen LogP contribution in [0, 0.1) is 11.2 Å². The van der Waals surface area contributed by atoms with Gasteiger partial charge < -0.3 is 10.2 Å². The van der Waals surface area contributed by atoms with Crippen molar-refractivity contribution in [2.45, 2.75) is 39.2 Å². The van der Waals surface area contributed by atoms with Crippen LogP contribution >= 0.6 is 0 Å². The van der Waals surface area contributed by atoms with E-state index in [9.17, 15) is 4.39 Å². The molecule has 3 heteroatoms. The van der Waals surface area contributed by atoms with E-state index in [4.69, 9.17) is 0 Å². The summed E-state index contributed by atoms with van der Waals surface area (Å²) < 4.78 is 13.8. The Hall–Kier alpha value is -1.09. The summed E-state index contributed by atoms with van der Waals surface area (Å²) in [4.78, 5) is 2.04. The van der Waals surface area contributed by atoms with E-state index in [0.717, 1.165) is 25.6 Å². The van der Waals surface area contributed by atoms with E-state index in [1.54, 1.807) is 6.07 Å². The van der Waals surface area contributed by atoms with Crippen molar-refractivity contribution in [1.82, 2.24) is 5.32 Å². The standard InChI is InChI=1S/C16H25FN2/c1-4-16(2,11-18-13-9-10-13)12-19(3)15-8-6-5-7-14(15)17/h5-8,13,18H,4,9-12H2,1-3H3. The minimum Gasteiger partial charge on any atom is -0.372 e. The highest BCUT2D eigenvalue weighted by Crippen LogP contribution is 2.27. The lowest BCUT2D eigenvalue weighted by atomic mass is 9.86. The number of nitrogens with zero attached hydrogens (tertiary/aromatic N) is 1. The summed E-state index contributed by atoms with van der Waals surface area (Å²) in [5, 5.41) is 3.60. The molecule has 1 aromatic rings. The molecular weight excluding hydrogens is 239 g/mol. The molecule has 1 atom stereocenters. The van der Waals surface area contributed by atoms with Crippen molar-refractivity contribution in [2.75, 3.05) is 25.0 Å². The Labute approximate surface area is 116 Å². The summed E-state index contributed by atoms with van der Waals surface area (Å²) >= 11 is 0. The van der Waals surface area contributed by atoms with E-state index in [1.165, 1.54) is 18.9 Å².